The Bertz CT molecular complexity index is 949. The van der Waals surface area contributed by atoms with Crippen molar-refractivity contribution in [3.63, 3.8) is 0 Å². The van der Waals surface area contributed by atoms with Crippen LogP contribution in [0.5, 0.6) is 0 Å². The molecule has 1 aliphatic rings. The topological polar surface area (TPSA) is 71.0 Å². The quantitative estimate of drug-likeness (QED) is 0.718. The Kier molecular flexibility index (Phi) is 5.48. The summed E-state index contributed by atoms with van der Waals surface area (Å²) in [4.78, 5) is 27.3. The van der Waals surface area contributed by atoms with Crippen molar-refractivity contribution in [2.24, 2.45) is 5.92 Å². The summed E-state index contributed by atoms with van der Waals surface area (Å²) in [6, 6.07) is 11.6. The predicted octanol–water partition coefficient (Wildman–Crippen LogP) is 3.45. The Hall–Kier alpha value is -2.99. The number of halogens is 1. The van der Waals surface area contributed by atoms with Gasteiger partial charge in [-0.2, -0.15) is 0 Å². The smallest absolute Gasteiger partial charge is 0.254 e. The van der Waals surface area contributed by atoms with E-state index in [1.165, 1.54) is 0 Å². The number of rotatable bonds is 5. The SMILES string of the molecule is O=C(NC[C@H]1CCN(c2cccc(Cl)c2)C1)c1cnc(-c2cccnc2)nc1. The summed E-state index contributed by atoms with van der Waals surface area (Å²) in [7, 11) is 0. The number of hydrogen-bond donors (Lipinski definition) is 1. The summed E-state index contributed by atoms with van der Waals surface area (Å²) >= 11 is 6.08. The summed E-state index contributed by atoms with van der Waals surface area (Å²) in [5.74, 6) is 0.801. The molecule has 1 saturated heterocycles. The second kappa shape index (κ2) is 8.35. The minimum absolute atomic E-state index is 0.154. The molecule has 3 heterocycles. The minimum Gasteiger partial charge on any atom is -0.371 e. The molecule has 0 saturated carbocycles. The molecule has 0 unspecified atom stereocenters. The number of hydrogen-bond acceptors (Lipinski definition) is 5. The summed E-state index contributed by atoms with van der Waals surface area (Å²) < 4.78 is 0. The van der Waals surface area contributed by atoms with E-state index in [1.54, 1.807) is 24.8 Å². The second-order valence-corrected chi connectivity index (χ2v) is 7.26. The van der Waals surface area contributed by atoms with Gasteiger partial charge in [-0.05, 0) is 42.7 Å². The van der Waals surface area contributed by atoms with E-state index in [9.17, 15) is 4.79 Å². The van der Waals surface area contributed by atoms with Gasteiger partial charge in [-0.1, -0.05) is 17.7 Å². The maximum Gasteiger partial charge on any atom is 0.254 e. The lowest BCUT2D eigenvalue weighted by Crippen LogP contribution is -2.31. The van der Waals surface area contributed by atoms with Crippen LogP contribution in [0.1, 0.15) is 16.8 Å². The van der Waals surface area contributed by atoms with E-state index < -0.39 is 0 Å². The molecule has 0 aliphatic carbocycles. The number of pyridine rings is 1. The van der Waals surface area contributed by atoms with Crippen molar-refractivity contribution in [3.05, 3.63) is 71.8 Å². The van der Waals surface area contributed by atoms with E-state index in [4.69, 9.17) is 11.6 Å². The van der Waals surface area contributed by atoms with E-state index in [0.717, 1.165) is 35.8 Å². The molecule has 4 rings (SSSR count). The summed E-state index contributed by atoms with van der Waals surface area (Å²) in [5.41, 5.74) is 2.40. The van der Waals surface area contributed by atoms with Gasteiger partial charge in [-0.15, -0.1) is 0 Å². The van der Waals surface area contributed by atoms with Crippen molar-refractivity contribution < 1.29 is 4.79 Å². The molecule has 1 atom stereocenters. The van der Waals surface area contributed by atoms with Crippen LogP contribution in [-0.4, -0.2) is 40.5 Å². The Balaban J connectivity index is 1.31. The van der Waals surface area contributed by atoms with E-state index in [0.29, 0.717) is 23.9 Å². The minimum atomic E-state index is -0.154. The standard InChI is InChI=1S/C21H20ClN5O/c22-18-4-1-5-19(9-18)27-8-6-15(14-27)10-26-21(28)17-12-24-20(25-13-17)16-3-2-7-23-11-16/h1-5,7,9,11-13,15H,6,8,10,14H2,(H,26,28)/t15-/m1/s1. The second-order valence-electron chi connectivity index (χ2n) is 6.83. The molecular formula is C21H20ClN5O. The van der Waals surface area contributed by atoms with E-state index in [1.807, 2.05) is 30.3 Å². The Morgan fingerprint density at radius 3 is 2.79 bits per heavy atom. The highest BCUT2D eigenvalue weighted by molar-refractivity contribution is 6.30. The summed E-state index contributed by atoms with van der Waals surface area (Å²) in [6.45, 7) is 2.49. The molecule has 1 N–H and O–H groups in total. The molecule has 1 amide bonds. The largest absolute Gasteiger partial charge is 0.371 e. The molecule has 1 aliphatic heterocycles. The zero-order chi connectivity index (χ0) is 19.3. The van der Waals surface area contributed by atoms with Gasteiger partial charge in [0, 0.05) is 60.7 Å². The maximum atomic E-state index is 12.4. The molecule has 0 radical (unpaired) electrons. The first-order valence-electron chi connectivity index (χ1n) is 9.20. The highest BCUT2D eigenvalue weighted by Crippen LogP contribution is 2.25. The number of carbonyl (C=O) groups is 1. The molecule has 0 bridgehead atoms. The average Bonchev–Trinajstić information content (AvgIpc) is 3.22. The van der Waals surface area contributed by atoms with Crippen LogP contribution in [-0.2, 0) is 0 Å². The van der Waals surface area contributed by atoms with Gasteiger partial charge in [-0.25, -0.2) is 9.97 Å². The molecule has 2 aromatic heterocycles. The van der Waals surface area contributed by atoms with Crippen LogP contribution < -0.4 is 10.2 Å². The van der Waals surface area contributed by atoms with Crippen LogP contribution >= 0.6 is 11.6 Å². The number of nitrogens with zero attached hydrogens (tertiary/aromatic N) is 4. The fourth-order valence-electron chi connectivity index (χ4n) is 3.34. The normalized spacial score (nSPS) is 16.2. The monoisotopic (exact) mass is 393 g/mol. The number of amides is 1. The highest BCUT2D eigenvalue weighted by atomic mass is 35.5. The van der Waals surface area contributed by atoms with E-state index >= 15 is 0 Å². The van der Waals surface area contributed by atoms with Crippen molar-refractivity contribution in [3.8, 4) is 11.4 Å². The number of nitrogens with one attached hydrogen (secondary N) is 1. The van der Waals surface area contributed by atoms with Gasteiger partial charge >= 0.3 is 0 Å². The summed E-state index contributed by atoms with van der Waals surface area (Å²) in [6.07, 6.45) is 7.53. The van der Waals surface area contributed by atoms with E-state index in [-0.39, 0.29) is 5.91 Å². The van der Waals surface area contributed by atoms with Crippen molar-refractivity contribution in [1.82, 2.24) is 20.3 Å². The fraction of sp³-hybridized carbons (Fsp3) is 0.238. The van der Waals surface area contributed by atoms with Gasteiger partial charge in [0.05, 0.1) is 5.56 Å². The van der Waals surface area contributed by atoms with Crippen LogP contribution in [0.2, 0.25) is 5.02 Å². The average molecular weight is 394 g/mol. The predicted molar refractivity (Wildman–Crippen MR) is 109 cm³/mol. The van der Waals surface area contributed by atoms with Crippen molar-refractivity contribution in [2.45, 2.75) is 6.42 Å². The zero-order valence-corrected chi connectivity index (χ0v) is 16.0. The molecular weight excluding hydrogens is 374 g/mol. The van der Waals surface area contributed by atoms with Gasteiger partial charge in [0.25, 0.3) is 5.91 Å². The molecule has 142 valence electrons. The number of aromatic nitrogens is 3. The Labute approximate surface area is 168 Å². The molecule has 0 spiro atoms. The van der Waals surface area contributed by atoms with Gasteiger partial charge in [0.1, 0.15) is 0 Å². The van der Waals surface area contributed by atoms with Crippen LogP contribution in [0, 0.1) is 5.92 Å². The lowest BCUT2D eigenvalue weighted by Gasteiger charge is -2.19. The molecule has 7 heteroatoms. The van der Waals surface area contributed by atoms with Gasteiger partial charge in [0.15, 0.2) is 5.82 Å². The number of carbonyl (C=O) groups excluding carboxylic acids is 1. The Morgan fingerprint density at radius 2 is 2.04 bits per heavy atom. The first kappa shape index (κ1) is 18.4. The lowest BCUT2D eigenvalue weighted by atomic mass is 10.1. The van der Waals surface area contributed by atoms with Gasteiger partial charge < -0.3 is 10.2 Å². The highest BCUT2D eigenvalue weighted by Gasteiger charge is 2.23. The first-order chi connectivity index (χ1) is 13.7. The van der Waals surface area contributed by atoms with Crippen molar-refractivity contribution in [2.75, 3.05) is 24.5 Å². The van der Waals surface area contributed by atoms with Crippen LogP contribution in [0.4, 0.5) is 5.69 Å². The molecule has 6 nitrogen and oxygen atoms in total. The zero-order valence-electron chi connectivity index (χ0n) is 15.3. The molecule has 28 heavy (non-hydrogen) atoms. The third-order valence-corrected chi connectivity index (χ3v) is 5.08. The summed E-state index contributed by atoms with van der Waals surface area (Å²) in [5, 5.41) is 3.74. The molecule has 3 aromatic rings. The Morgan fingerprint density at radius 1 is 1.18 bits per heavy atom. The van der Waals surface area contributed by atoms with Crippen LogP contribution in [0.15, 0.2) is 61.2 Å². The lowest BCUT2D eigenvalue weighted by molar-refractivity contribution is 0.0947. The van der Waals surface area contributed by atoms with Crippen LogP contribution in [0.3, 0.4) is 0 Å². The van der Waals surface area contributed by atoms with E-state index in [2.05, 4.69) is 31.2 Å². The number of anilines is 1. The maximum absolute atomic E-state index is 12.4. The van der Waals surface area contributed by atoms with Crippen molar-refractivity contribution in [1.29, 1.82) is 0 Å². The number of benzene rings is 1. The fourth-order valence-corrected chi connectivity index (χ4v) is 3.52. The van der Waals surface area contributed by atoms with Gasteiger partial charge in [-0.3, -0.25) is 9.78 Å². The third-order valence-electron chi connectivity index (χ3n) is 4.84. The van der Waals surface area contributed by atoms with Gasteiger partial charge in [0.2, 0.25) is 0 Å². The van der Waals surface area contributed by atoms with Crippen molar-refractivity contribution >= 4 is 23.2 Å². The molecule has 1 fully saturated rings. The van der Waals surface area contributed by atoms with Crippen LogP contribution in [0.25, 0.3) is 11.4 Å². The third kappa shape index (κ3) is 4.28. The molecule has 1 aromatic carbocycles. The first-order valence-corrected chi connectivity index (χ1v) is 9.58.